The number of pyridine rings is 1. The molecule has 0 fully saturated rings. The van der Waals surface area contributed by atoms with Crippen LogP contribution in [0.15, 0.2) is 53.4 Å². The quantitative estimate of drug-likeness (QED) is 0.738. The van der Waals surface area contributed by atoms with Gasteiger partial charge in [-0.1, -0.05) is 18.2 Å². The average molecular weight is 344 g/mol. The predicted molar refractivity (Wildman–Crippen MR) is 85.7 cm³/mol. The van der Waals surface area contributed by atoms with E-state index in [0.29, 0.717) is 6.54 Å². The largest absolute Gasteiger partial charge is 0.379 e. The number of aromatic nitrogens is 4. The van der Waals surface area contributed by atoms with E-state index >= 15 is 0 Å². The molecule has 1 N–H and O–H groups in total. The number of nitrogens with one attached hydrogen (secondary N) is 1. The molecule has 0 atom stereocenters. The van der Waals surface area contributed by atoms with E-state index in [4.69, 9.17) is 0 Å². The van der Waals surface area contributed by atoms with Crippen molar-refractivity contribution in [1.82, 2.24) is 19.7 Å². The summed E-state index contributed by atoms with van der Waals surface area (Å²) >= 11 is 3.38. The van der Waals surface area contributed by atoms with E-state index in [0.717, 1.165) is 27.4 Å². The number of halogens is 1. The van der Waals surface area contributed by atoms with Crippen molar-refractivity contribution in [1.29, 1.82) is 0 Å². The summed E-state index contributed by atoms with van der Waals surface area (Å²) in [6.45, 7) is 0.668. The average Bonchev–Trinajstić information content (AvgIpc) is 2.92. The summed E-state index contributed by atoms with van der Waals surface area (Å²) in [5.41, 5.74) is 3.04. The summed E-state index contributed by atoms with van der Waals surface area (Å²) < 4.78 is 2.74. The van der Waals surface area contributed by atoms with Gasteiger partial charge in [0.15, 0.2) is 5.82 Å². The molecular weight excluding hydrogens is 330 g/mol. The van der Waals surface area contributed by atoms with E-state index in [1.54, 1.807) is 6.33 Å². The van der Waals surface area contributed by atoms with Gasteiger partial charge in [-0.05, 0) is 40.2 Å². The van der Waals surface area contributed by atoms with E-state index in [1.165, 1.54) is 0 Å². The van der Waals surface area contributed by atoms with E-state index < -0.39 is 0 Å². The maximum Gasteiger partial charge on any atom is 0.163 e. The molecule has 0 saturated heterocycles. The SMILES string of the molecule is Cn1cnnc1-c1cccc(NCc2cccc(Br)n2)c1. The van der Waals surface area contributed by atoms with E-state index in [-0.39, 0.29) is 0 Å². The van der Waals surface area contributed by atoms with Gasteiger partial charge in [-0.25, -0.2) is 4.98 Å². The van der Waals surface area contributed by atoms with E-state index in [9.17, 15) is 0 Å². The smallest absolute Gasteiger partial charge is 0.163 e. The van der Waals surface area contributed by atoms with Crippen molar-refractivity contribution in [2.75, 3.05) is 5.32 Å². The summed E-state index contributed by atoms with van der Waals surface area (Å²) in [5, 5.41) is 11.4. The summed E-state index contributed by atoms with van der Waals surface area (Å²) in [7, 11) is 1.93. The third-order valence-electron chi connectivity index (χ3n) is 3.08. The molecule has 1 aromatic carbocycles. The highest BCUT2D eigenvalue weighted by Crippen LogP contribution is 2.20. The van der Waals surface area contributed by atoms with Crippen LogP contribution in [0.2, 0.25) is 0 Å². The Hall–Kier alpha value is -2.21. The first-order valence-electron chi connectivity index (χ1n) is 6.52. The molecule has 3 aromatic rings. The minimum Gasteiger partial charge on any atom is -0.379 e. The maximum absolute atomic E-state index is 4.40. The number of aryl methyl sites for hydroxylation is 1. The number of hydrogen-bond donors (Lipinski definition) is 1. The lowest BCUT2D eigenvalue weighted by Gasteiger charge is -2.08. The standard InChI is InChI=1S/C15H14BrN5/c1-21-10-18-20-15(21)11-4-2-5-12(8-11)17-9-13-6-3-7-14(16)19-13/h2-8,10,17H,9H2,1H3. The molecule has 0 unspecified atom stereocenters. The Bertz CT molecular complexity index is 753. The lowest BCUT2D eigenvalue weighted by Crippen LogP contribution is -2.02. The fraction of sp³-hybridized carbons (Fsp3) is 0.133. The van der Waals surface area contributed by atoms with Crippen molar-refractivity contribution in [2.45, 2.75) is 6.54 Å². The first kappa shape index (κ1) is 13.8. The molecule has 3 rings (SSSR count). The lowest BCUT2D eigenvalue weighted by atomic mass is 10.2. The number of hydrogen-bond acceptors (Lipinski definition) is 4. The van der Waals surface area contributed by atoms with Crippen molar-refractivity contribution in [3.63, 3.8) is 0 Å². The molecule has 0 bridgehead atoms. The van der Waals surface area contributed by atoms with E-state index in [2.05, 4.69) is 42.5 Å². The predicted octanol–water partition coefficient (Wildman–Crippen LogP) is 3.25. The third kappa shape index (κ3) is 3.28. The molecule has 5 nitrogen and oxygen atoms in total. The summed E-state index contributed by atoms with van der Waals surface area (Å²) in [6.07, 6.45) is 1.70. The van der Waals surface area contributed by atoms with Gasteiger partial charge < -0.3 is 9.88 Å². The summed E-state index contributed by atoms with van der Waals surface area (Å²) in [6, 6.07) is 14.0. The molecule has 0 amide bonds. The number of nitrogens with zero attached hydrogens (tertiary/aromatic N) is 4. The van der Waals surface area contributed by atoms with Crippen molar-refractivity contribution < 1.29 is 0 Å². The number of rotatable bonds is 4. The Morgan fingerprint density at radius 1 is 1.19 bits per heavy atom. The van der Waals surface area contributed by atoms with Crippen LogP contribution in [0.25, 0.3) is 11.4 Å². The van der Waals surface area contributed by atoms with Crippen molar-refractivity contribution in [3.05, 3.63) is 59.1 Å². The second-order valence-corrected chi connectivity index (χ2v) is 5.46. The molecule has 2 heterocycles. The molecule has 0 radical (unpaired) electrons. The Kier molecular flexibility index (Phi) is 3.96. The molecule has 0 saturated carbocycles. The molecule has 0 aliphatic heterocycles. The second kappa shape index (κ2) is 6.05. The van der Waals surface area contributed by atoms with Crippen LogP contribution >= 0.6 is 15.9 Å². The number of anilines is 1. The molecular formula is C15H14BrN5. The van der Waals surface area contributed by atoms with Gasteiger partial charge in [-0.2, -0.15) is 0 Å². The van der Waals surface area contributed by atoms with Crippen LogP contribution in [-0.2, 0) is 13.6 Å². The van der Waals surface area contributed by atoms with Gasteiger partial charge in [0.25, 0.3) is 0 Å². The fourth-order valence-corrected chi connectivity index (χ4v) is 2.43. The first-order chi connectivity index (χ1) is 10.2. The topological polar surface area (TPSA) is 55.6 Å². The third-order valence-corrected chi connectivity index (χ3v) is 3.52. The van der Waals surface area contributed by atoms with Crippen LogP contribution < -0.4 is 5.32 Å². The highest BCUT2D eigenvalue weighted by atomic mass is 79.9. The highest BCUT2D eigenvalue weighted by molar-refractivity contribution is 9.10. The fourth-order valence-electron chi connectivity index (χ4n) is 2.05. The maximum atomic E-state index is 4.40. The molecule has 0 aliphatic carbocycles. The van der Waals surface area contributed by atoms with Crippen LogP contribution in [0.5, 0.6) is 0 Å². The van der Waals surface area contributed by atoms with Crippen molar-refractivity contribution >= 4 is 21.6 Å². The Morgan fingerprint density at radius 2 is 2.05 bits per heavy atom. The van der Waals surface area contributed by atoms with Crippen LogP contribution in [0.3, 0.4) is 0 Å². The van der Waals surface area contributed by atoms with Crippen molar-refractivity contribution in [3.8, 4) is 11.4 Å². The van der Waals surface area contributed by atoms with E-state index in [1.807, 2.05) is 48.0 Å². The minimum absolute atomic E-state index is 0.668. The van der Waals surface area contributed by atoms with Crippen LogP contribution in [0.1, 0.15) is 5.69 Å². The summed E-state index contributed by atoms with van der Waals surface area (Å²) in [4.78, 5) is 4.40. The van der Waals surface area contributed by atoms with Gasteiger partial charge in [0.1, 0.15) is 10.9 Å². The van der Waals surface area contributed by atoms with Gasteiger partial charge in [-0.15, -0.1) is 10.2 Å². The van der Waals surface area contributed by atoms with Gasteiger partial charge in [0, 0.05) is 18.3 Å². The van der Waals surface area contributed by atoms with Gasteiger partial charge in [0.05, 0.1) is 12.2 Å². The molecule has 106 valence electrons. The highest BCUT2D eigenvalue weighted by Gasteiger charge is 2.05. The van der Waals surface area contributed by atoms with Gasteiger partial charge in [-0.3, -0.25) is 0 Å². The molecule has 0 spiro atoms. The van der Waals surface area contributed by atoms with Gasteiger partial charge in [0.2, 0.25) is 0 Å². The lowest BCUT2D eigenvalue weighted by molar-refractivity contribution is 0.919. The summed E-state index contributed by atoms with van der Waals surface area (Å²) in [5.74, 6) is 0.847. The Morgan fingerprint density at radius 3 is 2.81 bits per heavy atom. The Balaban J connectivity index is 1.76. The molecule has 21 heavy (non-hydrogen) atoms. The Labute approximate surface area is 131 Å². The monoisotopic (exact) mass is 343 g/mol. The zero-order chi connectivity index (χ0) is 14.7. The molecule has 6 heteroatoms. The normalized spacial score (nSPS) is 10.6. The van der Waals surface area contributed by atoms with Crippen LogP contribution in [0.4, 0.5) is 5.69 Å². The molecule has 2 aromatic heterocycles. The second-order valence-electron chi connectivity index (χ2n) is 4.65. The zero-order valence-electron chi connectivity index (χ0n) is 11.5. The number of benzene rings is 1. The zero-order valence-corrected chi connectivity index (χ0v) is 13.1. The molecule has 0 aliphatic rings. The van der Waals surface area contributed by atoms with Crippen molar-refractivity contribution in [2.24, 2.45) is 7.05 Å². The minimum atomic E-state index is 0.668. The first-order valence-corrected chi connectivity index (χ1v) is 7.31. The van der Waals surface area contributed by atoms with Crippen LogP contribution in [-0.4, -0.2) is 19.7 Å². The van der Waals surface area contributed by atoms with Crippen LogP contribution in [0, 0.1) is 0 Å². The van der Waals surface area contributed by atoms with Gasteiger partial charge >= 0.3 is 0 Å².